The second-order valence-electron chi connectivity index (χ2n) is 6.64. The van der Waals surface area contributed by atoms with Crippen molar-refractivity contribution in [2.45, 2.75) is 38.3 Å². The predicted octanol–water partition coefficient (Wildman–Crippen LogP) is 5.63. The molecule has 0 aliphatic heterocycles. The fraction of sp³-hybridized carbons (Fsp3) is 0.316. The Morgan fingerprint density at radius 2 is 1.64 bits per heavy atom. The Morgan fingerprint density at radius 3 is 2.21 bits per heavy atom. The lowest BCUT2D eigenvalue weighted by atomic mass is 9.81. The Bertz CT molecular complexity index is 923. The minimum absolute atomic E-state index is 0.317. The quantitative estimate of drug-likeness (QED) is 0.509. The maximum Gasteiger partial charge on any atom is 0.422 e. The number of nitrogens with one attached hydrogen (secondary N) is 1. The second-order valence-corrected chi connectivity index (χ2v) is 6.64. The number of carbonyl (C=O) groups excluding carboxylic acids is 1. The molecule has 1 unspecified atom stereocenters. The third kappa shape index (κ3) is 3.45. The zero-order chi connectivity index (χ0) is 20.8. The van der Waals surface area contributed by atoms with Crippen molar-refractivity contribution in [2.75, 3.05) is 5.32 Å². The normalized spacial score (nSPS) is 16.6. The standard InChI is InChI=1S/C19H14F7NO/c1-8-5-6-9-3-2-4-10(11(9)7-8)18(28)27-17-15(22)13(20)12(19(24,25)26)14(21)16(17)23/h5-7,10H,2-4H2,1H3,(H,27,28). The molecule has 1 atom stereocenters. The summed E-state index contributed by atoms with van der Waals surface area (Å²) < 4.78 is 93.5. The average Bonchev–Trinajstić information content (AvgIpc) is 2.62. The van der Waals surface area contributed by atoms with E-state index >= 15 is 0 Å². The molecule has 9 heteroatoms. The van der Waals surface area contributed by atoms with Crippen LogP contribution in [0.3, 0.4) is 0 Å². The van der Waals surface area contributed by atoms with Gasteiger partial charge in [0.05, 0.1) is 5.92 Å². The molecule has 1 aliphatic carbocycles. The first kappa shape index (κ1) is 20.2. The Kier molecular flexibility index (Phi) is 5.12. The van der Waals surface area contributed by atoms with Crippen LogP contribution in [0.25, 0.3) is 0 Å². The number of hydrogen-bond donors (Lipinski definition) is 1. The third-order valence-electron chi connectivity index (χ3n) is 4.73. The van der Waals surface area contributed by atoms with Gasteiger partial charge in [-0.2, -0.15) is 13.2 Å². The van der Waals surface area contributed by atoms with Crippen molar-refractivity contribution in [1.82, 2.24) is 0 Å². The number of hydrogen-bond acceptors (Lipinski definition) is 1. The molecule has 0 bridgehead atoms. The summed E-state index contributed by atoms with van der Waals surface area (Å²) >= 11 is 0. The van der Waals surface area contributed by atoms with Gasteiger partial charge in [0.2, 0.25) is 5.91 Å². The average molecular weight is 405 g/mol. The largest absolute Gasteiger partial charge is 0.422 e. The molecule has 3 rings (SSSR count). The zero-order valence-corrected chi connectivity index (χ0v) is 14.5. The van der Waals surface area contributed by atoms with Gasteiger partial charge in [0.1, 0.15) is 11.3 Å². The van der Waals surface area contributed by atoms with Gasteiger partial charge in [0, 0.05) is 0 Å². The van der Waals surface area contributed by atoms with E-state index in [0.717, 1.165) is 11.1 Å². The van der Waals surface area contributed by atoms with Crippen LogP contribution in [0.15, 0.2) is 18.2 Å². The van der Waals surface area contributed by atoms with Crippen molar-refractivity contribution in [3.63, 3.8) is 0 Å². The second kappa shape index (κ2) is 7.10. The maximum atomic E-state index is 14.0. The van der Waals surface area contributed by atoms with E-state index in [-0.39, 0.29) is 0 Å². The molecule has 1 N–H and O–H groups in total. The molecular weight excluding hydrogens is 391 g/mol. The molecule has 28 heavy (non-hydrogen) atoms. The van der Waals surface area contributed by atoms with Crippen LogP contribution in [-0.2, 0) is 17.4 Å². The van der Waals surface area contributed by atoms with Crippen molar-refractivity contribution in [1.29, 1.82) is 0 Å². The van der Waals surface area contributed by atoms with Crippen LogP contribution in [0, 0.1) is 30.2 Å². The summed E-state index contributed by atoms with van der Waals surface area (Å²) in [7, 11) is 0. The van der Waals surface area contributed by atoms with Gasteiger partial charge in [-0.3, -0.25) is 4.79 Å². The predicted molar refractivity (Wildman–Crippen MR) is 86.8 cm³/mol. The number of rotatable bonds is 2. The highest BCUT2D eigenvalue weighted by Crippen LogP contribution is 2.39. The van der Waals surface area contributed by atoms with Crippen LogP contribution in [0.1, 0.15) is 41.0 Å². The summed E-state index contributed by atoms with van der Waals surface area (Å²) in [6.45, 7) is 1.78. The van der Waals surface area contributed by atoms with E-state index in [9.17, 15) is 35.5 Å². The Labute approximate surface area is 155 Å². The van der Waals surface area contributed by atoms with E-state index in [4.69, 9.17) is 0 Å². The molecule has 0 saturated carbocycles. The van der Waals surface area contributed by atoms with Crippen LogP contribution in [0.4, 0.5) is 36.4 Å². The molecule has 0 fully saturated rings. The first-order valence-electron chi connectivity index (χ1n) is 8.35. The van der Waals surface area contributed by atoms with E-state index in [2.05, 4.69) is 0 Å². The van der Waals surface area contributed by atoms with Gasteiger partial charge in [-0.1, -0.05) is 23.8 Å². The molecule has 2 aromatic carbocycles. The summed E-state index contributed by atoms with van der Waals surface area (Å²) in [5.74, 6) is -11.6. The number of fused-ring (bicyclic) bond motifs is 1. The molecular formula is C19H14F7NO. The smallest absolute Gasteiger partial charge is 0.320 e. The number of carbonyl (C=O) groups is 1. The Balaban J connectivity index is 2.00. The van der Waals surface area contributed by atoms with Crippen molar-refractivity contribution in [2.24, 2.45) is 0 Å². The fourth-order valence-electron chi connectivity index (χ4n) is 3.39. The maximum absolute atomic E-state index is 14.0. The first-order valence-corrected chi connectivity index (χ1v) is 8.35. The fourth-order valence-corrected chi connectivity index (χ4v) is 3.39. The van der Waals surface area contributed by atoms with Crippen LogP contribution in [0.2, 0.25) is 0 Å². The van der Waals surface area contributed by atoms with Gasteiger partial charge in [-0.25, -0.2) is 17.6 Å². The number of anilines is 1. The van der Waals surface area contributed by atoms with E-state index in [0.29, 0.717) is 24.8 Å². The van der Waals surface area contributed by atoms with Gasteiger partial charge < -0.3 is 5.32 Å². The first-order chi connectivity index (χ1) is 13.0. The molecule has 0 saturated heterocycles. The lowest BCUT2D eigenvalue weighted by Crippen LogP contribution is -2.27. The number of halogens is 7. The van der Waals surface area contributed by atoms with Gasteiger partial charge in [-0.15, -0.1) is 0 Å². The minimum Gasteiger partial charge on any atom is -0.320 e. The molecule has 0 aromatic heterocycles. The number of amides is 1. The number of benzene rings is 2. The molecule has 0 heterocycles. The number of alkyl halides is 3. The van der Waals surface area contributed by atoms with Crippen molar-refractivity contribution < 1.29 is 35.5 Å². The Morgan fingerprint density at radius 1 is 1.04 bits per heavy atom. The molecule has 0 spiro atoms. The van der Waals surface area contributed by atoms with Crippen LogP contribution < -0.4 is 5.32 Å². The summed E-state index contributed by atoms with van der Waals surface area (Å²) in [4.78, 5) is 12.5. The van der Waals surface area contributed by atoms with Crippen LogP contribution in [-0.4, -0.2) is 5.91 Å². The SMILES string of the molecule is Cc1ccc2c(c1)C(C(=O)Nc1c(F)c(F)c(C(F)(F)F)c(F)c1F)CCC2. The summed E-state index contributed by atoms with van der Waals surface area (Å²) in [6.07, 6.45) is -4.05. The van der Waals surface area contributed by atoms with Crippen molar-refractivity contribution in [3.8, 4) is 0 Å². The molecule has 0 radical (unpaired) electrons. The highest BCUT2D eigenvalue weighted by atomic mass is 19.4. The summed E-state index contributed by atoms with van der Waals surface area (Å²) in [5.41, 5.74) is -1.96. The van der Waals surface area contributed by atoms with E-state index in [1.54, 1.807) is 18.3 Å². The van der Waals surface area contributed by atoms with Crippen LogP contribution in [0.5, 0.6) is 0 Å². The molecule has 2 nitrogen and oxygen atoms in total. The molecule has 150 valence electrons. The topological polar surface area (TPSA) is 29.1 Å². The highest BCUT2D eigenvalue weighted by Gasteiger charge is 2.42. The monoisotopic (exact) mass is 405 g/mol. The van der Waals surface area contributed by atoms with E-state index in [1.165, 1.54) is 0 Å². The number of aryl methyl sites for hydroxylation is 2. The van der Waals surface area contributed by atoms with Crippen molar-refractivity contribution in [3.05, 3.63) is 63.7 Å². The zero-order valence-electron chi connectivity index (χ0n) is 14.5. The van der Waals surface area contributed by atoms with E-state index < -0.39 is 52.5 Å². The highest BCUT2D eigenvalue weighted by molar-refractivity contribution is 5.96. The lowest BCUT2D eigenvalue weighted by Gasteiger charge is -2.25. The third-order valence-corrected chi connectivity index (χ3v) is 4.73. The molecule has 1 aliphatic rings. The summed E-state index contributed by atoms with van der Waals surface area (Å²) in [5, 5.41) is 1.73. The molecule has 2 aromatic rings. The van der Waals surface area contributed by atoms with E-state index in [1.807, 2.05) is 12.1 Å². The van der Waals surface area contributed by atoms with Gasteiger partial charge in [0.25, 0.3) is 0 Å². The van der Waals surface area contributed by atoms with Crippen LogP contribution >= 0.6 is 0 Å². The van der Waals surface area contributed by atoms with Gasteiger partial charge >= 0.3 is 6.18 Å². The van der Waals surface area contributed by atoms with Gasteiger partial charge in [-0.05, 0) is 37.3 Å². The Hall–Kier alpha value is -2.58. The van der Waals surface area contributed by atoms with Crippen molar-refractivity contribution >= 4 is 11.6 Å². The van der Waals surface area contributed by atoms with Gasteiger partial charge in [0.15, 0.2) is 23.3 Å². The summed E-state index contributed by atoms with van der Waals surface area (Å²) in [6, 6.07) is 5.36. The molecule has 1 amide bonds. The minimum atomic E-state index is -5.64. The lowest BCUT2D eigenvalue weighted by molar-refractivity contribution is -0.143.